The van der Waals surface area contributed by atoms with Crippen molar-refractivity contribution in [2.45, 2.75) is 17.7 Å². The molecule has 2 aromatic carbocycles. The summed E-state index contributed by atoms with van der Waals surface area (Å²) in [5.41, 5.74) is 1.13. The van der Waals surface area contributed by atoms with Crippen molar-refractivity contribution in [1.82, 2.24) is 5.06 Å². The molecule has 0 atom stereocenters. The first-order chi connectivity index (χ1) is 11.0. The fraction of sp³-hybridized carbons (Fsp3) is 0.125. The van der Waals surface area contributed by atoms with Crippen molar-refractivity contribution in [2.75, 3.05) is 0 Å². The van der Waals surface area contributed by atoms with Gasteiger partial charge in [-0.3, -0.25) is 9.59 Å². The fourth-order valence-corrected chi connectivity index (χ4v) is 3.46. The lowest BCUT2D eigenvalue weighted by Crippen LogP contribution is -2.32. The summed E-state index contributed by atoms with van der Waals surface area (Å²) in [7, 11) is -4.30. The van der Waals surface area contributed by atoms with E-state index in [9.17, 15) is 18.0 Å². The highest BCUT2D eigenvalue weighted by molar-refractivity contribution is 7.86. The number of hydrogen-bond donors (Lipinski definition) is 0. The molecule has 0 aliphatic carbocycles. The van der Waals surface area contributed by atoms with Crippen molar-refractivity contribution in [2.24, 2.45) is 0 Å². The molecule has 2 aromatic rings. The lowest BCUT2D eigenvalue weighted by molar-refractivity contribution is -0.163. The van der Waals surface area contributed by atoms with Crippen LogP contribution in [-0.4, -0.2) is 25.3 Å². The highest BCUT2D eigenvalue weighted by Gasteiger charge is 2.35. The van der Waals surface area contributed by atoms with Gasteiger partial charge in [0.15, 0.2) is 0 Å². The predicted molar refractivity (Wildman–Crippen MR) is 81.2 cm³/mol. The Hall–Kier alpha value is -2.51. The Balaban J connectivity index is 2.01. The second-order valence-corrected chi connectivity index (χ2v) is 6.47. The first-order valence-electron chi connectivity index (χ1n) is 6.94. The molecule has 118 valence electrons. The number of hydroxylamine groups is 2. The molecule has 0 spiro atoms. The lowest BCUT2D eigenvalue weighted by atomic mass is 10.1. The topological polar surface area (TPSA) is 80.8 Å². The Labute approximate surface area is 133 Å². The van der Waals surface area contributed by atoms with Crippen LogP contribution in [0.1, 0.15) is 12.8 Å². The zero-order valence-corrected chi connectivity index (χ0v) is 12.8. The summed E-state index contributed by atoms with van der Waals surface area (Å²) in [4.78, 5) is 23.0. The highest BCUT2D eigenvalue weighted by atomic mass is 32.2. The molecule has 2 amide bonds. The number of rotatable bonds is 4. The molecular formula is C16H13NO5S. The molecule has 0 unspecified atom stereocenters. The molecule has 0 aromatic heterocycles. The van der Waals surface area contributed by atoms with E-state index >= 15 is 0 Å². The molecule has 1 aliphatic heterocycles. The first-order valence-corrected chi connectivity index (χ1v) is 8.35. The van der Waals surface area contributed by atoms with Crippen LogP contribution in [0.2, 0.25) is 0 Å². The van der Waals surface area contributed by atoms with Crippen molar-refractivity contribution in [1.29, 1.82) is 0 Å². The number of nitrogens with zero attached hydrogens (tertiary/aromatic N) is 1. The summed E-state index contributed by atoms with van der Waals surface area (Å²) in [6, 6.07) is 15.2. The maximum atomic E-state index is 12.5. The molecule has 0 saturated carbocycles. The van der Waals surface area contributed by atoms with E-state index in [0.717, 1.165) is 0 Å². The van der Waals surface area contributed by atoms with Crippen LogP contribution in [0.3, 0.4) is 0 Å². The Bertz CT molecular complexity index is 845. The van der Waals surface area contributed by atoms with Crippen LogP contribution in [0.4, 0.5) is 0 Å². The zero-order valence-electron chi connectivity index (χ0n) is 12.0. The largest absolute Gasteiger partial charge is 0.318 e. The number of benzene rings is 2. The smallest absolute Gasteiger partial charge is 0.272 e. The van der Waals surface area contributed by atoms with Crippen molar-refractivity contribution in [3.8, 4) is 11.1 Å². The van der Waals surface area contributed by atoms with E-state index in [1.54, 1.807) is 42.5 Å². The fourth-order valence-electron chi connectivity index (χ4n) is 2.32. The second kappa shape index (κ2) is 5.94. The summed E-state index contributed by atoms with van der Waals surface area (Å²) in [6.45, 7) is 0. The molecule has 0 N–H and O–H groups in total. The van der Waals surface area contributed by atoms with E-state index in [0.29, 0.717) is 16.2 Å². The van der Waals surface area contributed by atoms with E-state index < -0.39 is 21.9 Å². The van der Waals surface area contributed by atoms with Gasteiger partial charge in [0.05, 0.1) is 0 Å². The van der Waals surface area contributed by atoms with Gasteiger partial charge in [-0.15, -0.1) is 9.35 Å². The van der Waals surface area contributed by atoms with Crippen LogP contribution in [-0.2, 0) is 24.0 Å². The zero-order chi connectivity index (χ0) is 16.4. The average molecular weight is 331 g/mol. The van der Waals surface area contributed by atoms with Crippen LogP contribution in [0.25, 0.3) is 11.1 Å². The Kier molecular flexibility index (Phi) is 3.97. The summed E-state index contributed by atoms with van der Waals surface area (Å²) < 4.78 is 29.8. The predicted octanol–water partition coefficient (Wildman–Crippen LogP) is 2.12. The van der Waals surface area contributed by atoms with Gasteiger partial charge >= 0.3 is 10.1 Å². The third kappa shape index (κ3) is 3.01. The van der Waals surface area contributed by atoms with E-state index in [1.807, 2.05) is 6.07 Å². The van der Waals surface area contributed by atoms with Gasteiger partial charge in [-0.25, -0.2) is 0 Å². The van der Waals surface area contributed by atoms with Gasteiger partial charge in [-0.2, -0.15) is 8.42 Å². The average Bonchev–Trinajstić information content (AvgIpc) is 2.87. The van der Waals surface area contributed by atoms with Gasteiger partial charge in [0.25, 0.3) is 11.8 Å². The van der Waals surface area contributed by atoms with Gasteiger partial charge in [0.1, 0.15) is 4.90 Å². The second-order valence-electron chi connectivity index (χ2n) is 4.97. The summed E-state index contributed by atoms with van der Waals surface area (Å²) in [5.74, 6) is -1.31. The SMILES string of the molecule is O=C1CCC(=O)N1OS(=O)(=O)c1ccccc1-c1ccccc1. The third-order valence-electron chi connectivity index (χ3n) is 3.42. The molecule has 1 saturated heterocycles. The monoisotopic (exact) mass is 331 g/mol. The van der Waals surface area contributed by atoms with Gasteiger partial charge < -0.3 is 0 Å². The maximum absolute atomic E-state index is 12.5. The Morgan fingerprint density at radius 3 is 2.04 bits per heavy atom. The Morgan fingerprint density at radius 2 is 1.39 bits per heavy atom. The number of amides is 2. The minimum Gasteiger partial charge on any atom is -0.272 e. The first kappa shape index (κ1) is 15.4. The molecule has 3 rings (SSSR count). The van der Waals surface area contributed by atoms with Crippen molar-refractivity contribution in [3.05, 3.63) is 54.6 Å². The van der Waals surface area contributed by atoms with Crippen LogP contribution < -0.4 is 0 Å². The standard InChI is InChI=1S/C16H13NO5S/c18-15-10-11-16(19)17(15)22-23(20,21)14-9-5-4-8-13(14)12-6-2-1-3-7-12/h1-9H,10-11H2. The molecule has 6 nitrogen and oxygen atoms in total. The van der Waals surface area contributed by atoms with Crippen molar-refractivity contribution in [3.63, 3.8) is 0 Å². The number of carbonyl (C=O) groups excluding carboxylic acids is 2. The molecule has 1 heterocycles. The van der Waals surface area contributed by atoms with Crippen LogP contribution in [0, 0.1) is 0 Å². The quantitative estimate of drug-likeness (QED) is 0.802. The van der Waals surface area contributed by atoms with Crippen LogP contribution in [0.15, 0.2) is 59.5 Å². The molecule has 23 heavy (non-hydrogen) atoms. The van der Waals surface area contributed by atoms with E-state index in [4.69, 9.17) is 4.28 Å². The minimum atomic E-state index is -4.30. The van der Waals surface area contributed by atoms with E-state index in [1.165, 1.54) is 6.07 Å². The Morgan fingerprint density at radius 1 is 0.826 bits per heavy atom. The van der Waals surface area contributed by atoms with E-state index in [2.05, 4.69) is 0 Å². The molecule has 7 heteroatoms. The minimum absolute atomic E-state index is 0.0469. The number of imide groups is 1. The van der Waals surface area contributed by atoms with Crippen LogP contribution >= 0.6 is 0 Å². The van der Waals surface area contributed by atoms with Gasteiger partial charge in [-0.1, -0.05) is 48.5 Å². The van der Waals surface area contributed by atoms with Crippen LogP contribution in [0.5, 0.6) is 0 Å². The normalized spacial score (nSPS) is 15.2. The molecule has 0 radical (unpaired) electrons. The number of hydrogen-bond acceptors (Lipinski definition) is 5. The molecule has 1 fully saturated rings. The van der Waals surface area contributed by atoms with Gasteiger partial charge in [-0.05, 0) is 11.6 Å². The summed E-state index contributed by atoms with van der Waals surface area (Å²) >= 11 is 0. The summed E-state index contributed by atoms with van der Waals surface area (Å²) in [5, 5.41) is 0.330. The maximum Gasteiger partial charge on any atom is 0.318 e. The summed E-state index contributed by atoms with van der Waals surface area (Å²) in [6.07, 6.45) is -0.0939. The number of carbonyl (C=O) groups is 2. The van der Waals surface area contributed by atoms with Gasteiger partial charge in [0, 0.05) is 18.4 Å². The third-order valence-corrected chi connectivity index (χ3v) is 4.66. The lowest BCUT2D eigenvalue weighted by Gasteiger charge is -2.15. The van der Waals surface area contributed by atoms with Crippen molar-refractivity contribution >= 4 is 21.9 Å². The molecule has 0 bridgehead atoms. The van der Waals surface area contributed by atoms with Crippen molar-refractivity contribution < 1.29 is 22.3 Å². The van der Waals surface area contributed by atoms with E-state index in [-0.39, 0.29) is 17.7 Å². The highest BCUT2D eigenvalue weighted by Crippen LogP contribution is 2.29. The molecular weight excluding hydrogens is 318 g/mol. The van der Waals surface area contributed by atoms with Gasteiger partial charge in [0.2, 0.25) is 0 Å². The molecule has 1 aliphatic rings.